The number of amides is 1. The number of nitriles is 1. The van der Waals surface area contributed by atoms with Crippen molar-refractivity contribution in [2.75, 3.05) is 23.1 Å². The van der Waals surface area contributed by atoms with Crippen LogP contribution in [0.2, 0.25) is 0 Å². The molecule has 164 valence electrons. The molecule has 2 aromatic carbocycles. The molecule has 2 aliphatic heterocycles. The van der Waals surface area contributed by atoms with Gasteiger partial charge in [-0.1, -0.05) is 12.1 Å². The second-order valence-electron chi connectivity index (χ2n) is 7.56. The first-order valence-electron chi connectivity index (χ1n) is 9.94. The number of rotatable bonds is 4. The summed E-state index contributed by atoms with van der Waals surface area (Å²) >= 11 is 0. The quantitative estimate of drug-likeness (QED) is 0.733. The number of methoxy groups -OCH3 is 1. The maximum absolute atomic E-state index is 13.1. The minimum absolute atomic E-state index is 0.0449. The summed E-state index contributed by atoms with van der Waals surface area (Å²) in [6.07, 6.45) is 0.295. The van der Waals surface area contributed by atoms with E-state index in [2.05, 4.69) is 11.4 Å². The second-order valence-corrected chi connectivity index (χ2v) is 9.64. The molecule has 1 amide bonds. The van der Waals surface area contributed by atoms with Crippen molar-refractivity contribution in [1.29, 1.82) is 5.26 Å². The van der Waals surface area contributed by atoms with Crippen molar-refractivity contribution < 1.29 is 17.9 Å². The Morgan fingerprint density at radius 2 is 1.84 bits per heavy atom. The van der Waals surface area contributed by atoms with Crippen molar-refractivity contribution >= 4 is 27.1 Å². The zero-order valence-corrected chi connectivity index (χ0v) is 18.4. The van der Waals surface area contributed by atoms with Crippen molar-refractivity contribution in [2.45, 2.75) is 19.3 Å². The summed E-state index contributed by atoms with van der Waals surface area (Å²) in [5, 5.41) is 12.7. The highest BCUT2D eigenvalue weighted by Gasteiger charge is 2.45. The van der Waals surface area contributed by atoms with Crippen LogP contribution in [-0.4, -0.2) is 27.2 Å². The minimum atomic E-state index is -3.59. The van der Waals surface area contributed by atoms with Crippen molar-refractivity contribution in [3.05, 3.63) is 76.1 Å². The number of nitrogens with one attached hydrogen (secondary N) is 1. The average molecular weight is 451 g/mol. The van der Waals surface area contributed by atoms with E-state index in [1.807, 2.05) is 0 Å². The third kappa shape index (κ3) is 3.59. The first-order chi connectivity index (χ1) is 15.3. The molecule has 4 rings (SSSR count). The lowest BCUT2D eigenvalue weighted by molar-refractivity contribution is -0.114. The monoisotopic (exact) mass is 450 g/mol. The summed E-state index contributed by atoms with van der Waals surface area (Å²) in [7, 11) is -2.03. The van der Waals surface area contributed by atoms with E-state index in [0.717, 1.165) is 0 Å². The Bertz CT molecular complexity index is 1290. The van der Waals surface area contributed by atoms with Gasteiger partial charge in [-0.05, 0) is 42.0 Å². The van der Waals surface area contributed by atoms with E-state index < -0.39 is 15.8 Å². The zero-order valence-electron chi connectivity index (χ0n) is 17.6. The average Bonchev–Trinajstić information content (AvgIpc) is 3.08. The van der Waals surface area contributed by atoms with Gasteiger partial charge in [0.1, 0.15) is 11.6 Å². The van der Waals surface area contributed by atoms with Gasteiger partial charge in [-0.25, -0.2) is 8.42 Å². The molecule has 8 nitrogen and oxygen atoms in total. The molecule has 0 unspecified atom stereocenters. The van der Waals surface area contributed by atoms with E-state index >= 15 is 0 Å². The number of nitrogens with two attached hydrogens (primary N) is 1. The predicted octanol–water partition coefficient (Wildman–Crippen LogP) is 2.98. The normalized spacial score (nSPS) is 19.4. The molecule has 0 saturated heterocycles. The largest absolute Gasteiger partial charge is 0.497 e. The number of hydrogen-bond donors (Lipinski definition) is 2. The number of nitrogens with zero attached hydrogens (tertiary/aromatic N) is 2. The van der Waals surface area contributed by atoms with Crippen LogP contribution < -0.4 is 20.7 Å². The van der Waals surface area contributed by atoms with E-state index in [4.69, 9.17) is 10.5 Å². The van der Waals surface area contributed by atoms with Gasteiger partial charge in [0.2, 0.25) is 5.91 Å². The van der Waals surface area contributed by atoms with Crippen LogP contribution >= 0.6 is 0 Å². The third-order valence-corrected chi connectivity index (χ3v) is 7.46. The Kier molecular flexibility index (Phi) is 5.40. The van der Waals surface area contributed by atoms with Crippen LogP contribution in [0.1, 0.15) is 24.8 Å². The van der Waals surface area contributed by atoms with E-state index in [9.17, 15) is 18.5 Å². The fraction of sp³-hybridized carbons (Fsp3) is 0.217. The predicted molar refractivity (Wildman–Crippen MR) is 121 cm³/mol. The Hall–Kier alpha value is -3.77. The molecule has 3 N–H and O–H groups in total. The van der Waals surface area contributed by atoms with Gasteiger partial charge in [-0.2, -0.15) is 5.26 Å². The third-order valence-electron chi connectivity index (χ3n) is 5.58. The lowest BCUT2D eigenvalue weighted by Gasteiger charge is -2.35. The van der Waals surface area contributed by atoms with Crippen molar-refractivity contribution in [3.63, 3.8) is 0 Å². The zero-order chi connectivity index (χ0) is 23.0. The summed E-state index contributed by atoms with van der Waals surface area (Å²) < 4.78 is 31.4. The summed E-state index contributed by atoms with van der Waals surface area (Å²) in [4.78, 5) is 13.2. The van der Waals surface area contributed by atoms with Crippen LogP contribution in [0.15, 0.2) is 70.5 Å². The van der Waals surface area contributed by atoms with Gasteiger partial charge in [0.15, 0.2) is 9.84 Å². The van der Waals surface area contributed by atoms with Crippen LogP contribution in [0.25, 0.3) is 0 Å². The van der Waals surface area contributed by atoms with Crippen LogP contribution in [0.5, 0.6) is 5.75 Å². The molecular formula is C23H22N4O4S. The first kappa shape index (κ1) is 21.5. The van der Waals surface area contributed by atoms with Gasteiger partial charge in [0.05, 0.1) is 35.3 Å². The summed E-state index contributed by atoms with van der Waals surface area (Å²) in [6, 6.07) is 16.0. The molecule has 1 atom stereocenters. The molecule has 0 fully saturated rings. The van der Waals surface area contributed by atoms with Gasteiger partial charge < -0.3 is 15.8 Å². The number of ether oxygens (including phenoxy) is 1. The molecule has 0 aliphatic carbocycles. The molecule has 2 aliphatic rings. The maximum atomic E-state index is 13.1. The molecule has 0 aromatic heterocycles. The molecule has 9 heteroatoms. The fourth-order valence-electron chi connectivity index (χ4n) is 4.18. The van der Waals surface area contributed by atoms with Gasteiger partial charge >= 0.3 is 0 Å². The highest BCUT2D eigenvalue weighted by molar-refractivity contribution is 7.95. The molecule has 32 heavy (non-hydrogen) atoms. The number of benzene rings is 2. The topological polar surface area (TPSA) is 126 Å². The SMILES string of the molecule is COc1ccc(N2C(N)=C(C#N)[C@@H](c3ccc(NC(C)=O)cc3)C3=C2CCS3(=O)=O)cc1. The Labute approximate surface area is 186 Å². The highest BCUT2D eigenvalue weighted by Crippen LogP contribution is 2.48. The fourth-order valence-corrected chi connectivity index (χ4v) is 6.03. The number of hydrogen-bond acceptors (Lipinski definition) is 7. The number of sulfone groups is 1. The maximum Gasteiger partial charge on any atom is 0.221 e. The summed E-state index contributed by atoms with van der Waals surface area (Å²) in [5.41, 5.74) is 9.06. The lowest BCUT2D eigenvalue weighted by atomic mass is 9.87. The van der Waals surface area contributed by atoms with Crippen LogP contribution in [-0.2, 0) is 14.6 Å². The van der Waals surface area contributed by atoms with E-state index in [1.165, 1.54) is 6.92 Å². The van der Waals surface area contributed by atoms with Crippen molar-refractivity contribution in [2.24, 2.45) is 5.73 Å². The standard InChI is InChI=1S/C23H22N4O4S/c1-14(28)26-16-5-3-15(4-6-16)21-19(13-24)23(25)27(17-7-9-18(31-2)10-8-17)20-11-12-32(29,30)22(20)21/h3-10,21H,11-12,25H2,1-2H3,(H,26,28)/t21-/m1/s1. The van der Waals surface area contributed by atoms with E-state index in [-0.39, 0.29) is 28.0 Å². The Morgan fingerprint density at radius 1 is 1.19 bits per heavy atom. The first-order valence-corrected chi connectivity index (χ1v) is 11.6. The smallest absolute Gasteiger partial charge is 0.221 e. The van der Waals surface area contributed by atoms with E-state index in [0.29, 0.717) is 34.8 Å². The van der Waals surface area contributed by atoms with Gasteiger partial charge in [-0.3, -0.25) is 9.69 Å². The van der Waals surface area contributed by atoms with Crippen molar-refractivity contribution in [3.8, 4) is 11.8 Å². The number of anilines is 2. The Morgan fingerprint density at radius 3 is 2.41 bits per heavy atom. The molecular weight excluding hydrogens is 428 g/mol. The molecule has 0 radical (unpaired) electrons. The Balaban J connectivity index is 1.87. The molecule has 0 spiro atoms. The van der Waals surface area contributed by atoms with Gasteiger partial charge in [0.25, 0.3) is 0 Å². The minimum Gasteiger partial charge on any atom is -0.497 e. The van der Waals surface area contributed by atoms with Crippen molar-refractivity contribution in [1.82, 2.24) is 0 Å². The second kappa shape index (κ2) is 8.05. The highest BCUT2D eigenvalue weighted by atomic mass is 32.2. The summed E-state index contributed by atoms with van der Waals surface area (Å²) in [5.74, 6) is -0.209. The molecule has 0 saturated carbocycles. The number of allylic oxidation sites excluding steroid dienone is 3. The summed E-state index contributed by atoms with van der Waals surface area (Å²) in [6.45, 7) is 1.40. The van der Waals surface area contributed by atoms with Crippen LogP contribution in [0.4, 0.5) is 11.4 Å². The number of carbonyl (C=O) groups is 1. The van der Waals surface area contributed by atoms with Gasteiger partial charge in [-0.15, -0.1) is 0 Å². The molecule has 2 heterocycles. The van der Waals surface area contributed by atoms with Crippen LogP contribution in [0.3, 0.4) is 0 Å². The molecule has 2 aromatic rings. The van der Waals surface area contributed by atoms with Gasteiger partial charge in [0, 0.05) is 30.4 Å². The lowest BCUT2D eigenvalue weighted by Crippen LogP contribution is -2.34. The van der Waals surface area contributed by atoms with Crippen LogP contribution in [0, 0.1) is 11.3 Å². The number of carbonyl (C=O) groups excluding carboxylic acids is 1. The molecule has 0 bridgehead atoms. The van der Waals surface area contributed by atoms with E-state index in [1.54, 1.807) is 60.5 Å².